The van der Waals surface area contributed by atoms with Crippen molar-refractivity contribution in [3.8, 4) is 0 Å². The predicted octanol–water partition coefficient (Wildman–Crippen LogP) is 1.31. The number of nitrogens with zero attached hydrogens (tertiary/aromatic N) is 1. The van der Waals surface area contributed by atoms with Crippen LogP contribution in [0.1, 0.15) is 38.5 Å². The number of nitrogens with two attached hydrogens (primary N) is 1. The number of carbonyl (C=O) groups excluding carboxylic acids is 1. The number of hydrogen-bond acceptors (Lipinski definition) is 2. The van der Waals surface area contributed by atoms with Gasteiger partial charge in [-0.3, -0.25) is 0 Å². The summed E-state index contributed by atoms with van der Waals surface area (Å²) in [5.74, 6) is 1.61. The number of hydrogen-bond donors (Lipinski definition) is 2. The molecule has 1 saturated heterocycles. The number of amides is 2. The molecule has 1 heterocycles. The van der Waals surface area contributed by atoms with Gasteiger partial charge in [0.1, 0.15) is 0 Å². The molecule has 0 aromatic rings. The quantitative estimate of drug-likeness (QED) is 0.774. The highest BCUT2D eigenvalue weighted by Crippen LogP contribution is 2.38. The molecule has 0 aromatic heterocycles. The van der Waals surface area contributed by atoms with Crippen LogP contribution < -0.4 is 11.1 Å². The number of urea groups is 1. The van der Waals surface area contributed by atoms with Crippen LogP contribution in [0.3, 0.4) is 0 Å². The van der Waals surface area contributed by atoms with Crippen LogP contribution in [0.5, 0.6) is 0 Å². The summed E-state index contributed by atoms with van der Waals surface area (Å²) in [6, 6.07) is 0.954. The molecule has 3 N–H and O–H groups in total. The van der Waals surface area contributed by atoms with Crippen LogP contribution in [0.25, 0.3) is 0 Å². The molecule has 3 fully saturated rings. The van der Waals surface area contributed by atoms with Gasteiger partial charge in [-0.25, -0.2) is 4.79 Å². The van der Waals surface area contributed by atoms with Crippen molar-refractivity contribution in [1.29, 1.82) is 0 Å². The van der Waals surface area contributed by atoms with Gasteiger partial charge in [0, 0.05) is 25.2 Å². The molecule has 2 saturated carbocycles. The third kappa shape index (κ3) is 3.12. The van der Waals surface area contributed by atoms with E-state index < -0.39 is 0 Å². The zero-order valence-corrected chi connectivity index (χ0v) is 10.4. The molecule has 2 amide bonds. The third-order valence-electron chi connectivity index (χ3n) is 4.26. The Balaban J connectivity index is 1.57. The second-order valence-corrected chi connectivity index (χ2v) is 6.16. The van der Waals surface area contributed by atoms with Gasteiger partial charge in [0.05, 0.1) is 0 Å². The summed E-state index contributed by atoms with van der Waals surface area (Å²) < 4.78 is 0. The third-order valence-corrected chi connectivity index (χ3v) is 4.26. The van der Waals surface area contributed by atoms with E-state index in [1.54, 1.807) is 0 Å². The fourth-order valence-electron chi connectivity index (χ4n) is 3.08. The van der Waals surface area contributed by atoms with Gasteiger partial charge in [0.25, 0.3) is 0 Å². The minimum absolute atomic E-state index is 0.243. The van der Waals surface area contributed by atoms with E-state index >= 15 is 0 Å². The van der Waals surface area contributed by atoms with Crippen molar-refractivity contribution in [2.45, 2.75) is 50.6 Å². The lowest BCUT2D eigenvalue weighted by Gasteiger charge is -2.37. The van der Waals surface area contributed by atoms with Gasteiger partial charge in [-0.2, -0.15) is 0 Å². The number of primary amides is 1. The van der Waals surface area contributed by atoms with Crippen molar-refractivity contribution in [1.82, 2.24) is 10.2 Å². The standard InChI is InChI=1S/C13H23N3O/c14-13(17)16-7-10(5-9-1-2-9)6-12(8-16)15-11-3-4-11/h9-12,15H,1-8H2,(H2,14,17). The molecule has 0 radical (unpaired) electrons. The largest absolute Gasteiger partial charge is 0.351 e. The van der Waals surface area contributed by atoms with Crippen LogP contribution in [0.2, 0.25) is 0 Å². The molecule has 3 aliphatic rings. The van der Waals surface area contributed by atoms with Crippen molar-refractivity contribution < 1.29 is 4.79 Å². The monoisotopic (exact) mass is 237 g/mol. The van der Waals surface area contributed by atoms with Crippen LogP contribution in [0.15, 0.2) is 0 Å². The normalized spacial score (nSPS) is 33.8. The minimum Gasteiger partial charge on any atom is -0.351 e. The number of rotatable bonds is 4. The van der Waals surface area contributed by atoms with E-state index in [2.05, 4.69) is 5.32 Å². The van der Waals surface area contributed by atoms with E-state index in [4.69, 9.17) is 5.73 Å². The van der Waals surface area contributed by atoms with Crippen molar-refractivity contribution >= 4 is 6.03 Å². The Bertz CT molecular complexity index is 277. The first-order chi connectivity index (χ1) is 8.20. The average molecular weight is 237 g/mol. The Kier molecular flexibility index (Phi) is 2.99. The number of carbonyl (C=O) groups is 1. The van der Waals surface area contributed by atoms with Crippen LogP contribution in [0.4, 0.5) is 4.79 Å². The van der Waals surface area contributed by atoms with E-state index in [0.717, 1.165) is 25.0 Å². The second kappa shape index (κ2) is 4.48. The summed E-state index contributed by atoms with van der Waals surface area (Å²) in [5, 5.41) is 3.65. The maximum atomic E-state index is 11.4. The topological polar surface area (TPSA) is 58.4 Å². The maximum Gasteiger partial charge on any atom is 0.314 e. The SMILES string of the molecule is NC(=O)N1CC(CC2CC2)CC(NC2CC2)C1. The van der Waals surface area contributed by atoms with Crippen LogP contribution in [-0.2, 0) is 0 Å². The van der Waals surface area contributed by atoms with Gasteiger partial charge in [0.15, 0.2) is 0 Å². The molecule has 4 nitrogen and oxygen atoms in total. The van der Waals surface area contributed by atoms with Crippen LogP contribution >= 0.6 is 0 Å². The minimum atomic E-state index is -0.243. The summed E-state index contributed by atoms with van der Waals surface area (Å²) >= 11 is 0. The molecule has 0 aromatic carbocycles. The van der Waals surface area contributed by atoms with Crippen molar-refractivity contribution in [2.24, 2.45) is 17.6 Å². The van der Waals surface area contributed by atoms with Crippen molar-refractivity contribution in [3.63, 3.8) is 0 Å². The zero-order chi connectivity index (χ0) is 11.8. The van der Waals surface area contributed by atoms with Gasteiger partial charge in [-0.15, -0.1) is 0 Å². The molecule has 1 aliphatic heterocycles. The van der Waals surface area contributed by atoms with E-state index in [9.17, 15) is 4.79 Å². The molecule has 3 rings (SSSR count). The fraction of sp³-hybridized carbons (Fsp3) is 0.923. The molecule has 2 atom stereocenters. The molecular weight excluding hydrogens is 214 g/mol. The summed E-state index contributed by atoms with van der Waals surface area (Å²) in [6.07, 6.45) is 7.94. The molecule has 4 heteroatoms. The molecular formula is C13H23N3O. The highest BCUT2D eigenvalue weighted by molar-refractivity contribution is 5.72. The highest BCUT2D eigenvalue weighted by Gasteiger charge is 2.35. The van der Waals surface area contributed by atoms with Crippen molar-refractivity contribution in [2.75, 3.05) is 13.1 Å². The zero-order valence-electron chi connectivity index (χ0n) is 10.4. The lowest BCUT2D eigenvalue weighted by atomic mass is 9.90. The number of likely N-dealkylation sites (tertiary alicyclic amines) is 1. The smallest absolute Gasteiger partial charge is 0.314 e. The number of nitrogens with one attached hydrogen (secondary N) is 1. The molecule has 0 bridgehead atoms. The first-order valence-electron chi connectivity index (χ1n) is 7.01. The molecule has 2 unspecified atom stereocenters. The lowest BCUT2D eigenvalue weighted by molar-refractivity contribution is 0.146. The van der Waals surface area contributed by atoms with Gasteiger partial charge in [0.2, 0.25) is 0 Å². The summed E-state index contributed by atoms with van der Waals surface area (Å²) in [4.78, 5) is 13.2. The van der Waals surface area contributed by atoms with Crippen molar-refractivity contribution in [3.05, 3.63) is 0 Å². The van der Waals surface area contributed by atoms with Crippen LogP contribution in [0, 0.1) is 11.8 Å². The molecule has 2 aliphatic carbocycles. The predicted molar refractivity (Wildman–Crippen MR) is 66.6 cm³/mol. The lowest BCUT2D eigenvalue weighted by Crippen LogP contribution is -2.53. The summed E-state index contributed by atoms with van der Waals surface area (Å²) in [5.41, 5.74) is 5.44. The average Bonchev–Trinajstić information content (AvgIpc) is 3.13. The molecule has 96 valence electrons. The van der Waals surface area contributed by atoms with E-state index in [1.165, 1.54) is 38.5 Å². The van der Waals surface area contributed by atoms with Gasteiger partial charge in [-0.1, -0.05) is 12.8 Å². The van der Waals surface area contributed by atoms with Gasteiger partial charge >= 0.3 is 6.03 Å². The Morgan fingerprint density at radius 1 is 1.12 bits per heavy atom. The Hall–Kier alpha value is -0.770. The van der Waals surface area contributed by atoms with Crippen LogP contribution in [-0.4, -0.2) is 36.1 Å². The fourth-order valence-corrected chi connectivity index (χ4v) is 3.08. The molecule has 17 heavy (non-hydrogen) atoms. The highest BCUT2D eigenvalue weighted by atomic mass is 16.2. The molecule has 0 spiro atoms. The Labute approximate surface area is 103 Å². The van der Waals surface area contributed by atoms with Gasteiger partial charge in [-0.05, 0) is 37.5 Å². The second-order valence-electron chi connectivity index (χ2n) is 6.16. The van der Waals surface area contributed by atoms with E-state index in [1.807, 2.05) is 4.90 Å². The maximum absolute atomic E-state index is 11.4. The van der Waals surface area contributed by atoms with Gasteiger partial charge < -0.3 is 16.0 Å². The van der Waals surface area contributed by atoms with E-state index in [0.29, 0.717) is 12.0 Å². The first-order valence-corrected chi connectivity index (χ1v) is 7.01. The first kappa shape index (κ1) is 11.3. The number of piperidine rings is 1. The Morgan fingerprint density at radius 2 is 1.88 bits per heavy atom. The summed E-state index contributed by atoms with van der Waals surface area (Å²) in [7, 11) is 0. The Morgan fingerprint density at radius 3 is 2.47 bits per heavy atom. The summed E-state index contributed by atoms with van der Waals surface area (Å²) in [6.45, 7) is 1.70. The van der Waals surface area contributed by atoms with E-state index in [-0.39, 0.29) is 6.03 Å².